The highest BCUT2D eigenvalue weighted by Gasteiger charge is 2.52. The number of phenols is 2. The fraction of sp³-hybridized carbons (Fsp3) is 0.0400. The van der Waals surface area contributed by atoms with Crippen LogP contribution in [0.25, 0.3) is 22.3 Å². The van der Waals surface area contributed by atoms with Crippen LogP contribution in [0.3, 0.4) is 0 Å². The van der Waals surface area contributed by atoms with Gasteiger partial charge in [-0.3, -0.25) is 0 Å². The number of nitrogen functional groups attached to an aromatic ring is 2. The van der Waals surface area contributed by atoms with Crippen molar-refractivity contribution in [3.8, 4) is 33.8 Å². The van der Waals surface area contributed by atoms with Crippen LogP contribution < -0.4 is 11.5 Å². The molecule has 29 heavy (non-hydrogen) atoms. The van der Waals surface area contributed by atoms with Crippen molar-refractivity contribution in [3.05, 3.63) is 95.1 Å². The standard InChI is InChI=1S/C25H18N2O2/c26-21-9-15-13-5-1-3-7-17(13)25(20(15)12-24(21)29)18-8-4-2-6-14(18)16-10-23(28)22(27)11-19(16)25/h1-12,28-29H,26-27H2. The Morgan fingerprint density at radius 2 is 1.00 bits per heavy atom. The molecule has 2 aliphatic carbocycles. The molecule has 4 aromatic rings. The van der Waals surface area contributed by atoms with Crippen LogP contribution in [0.2, 0.25) is 0 Å². The highest BCUT2D eigenvalue weighted by Crippen LogP contribution is 2.64. The first-order valence-electron chi connectivity index (χ1n) is 9.49. The van der Waals surface area contributed by atoms with Crippen molar-refractivity contribution in [2.45, 2.75) is 5.41 Å². The van der Waals surface area contributed by atoms with Gasteiger partial charge < -0.3 is 21.7 Å². The molecular weight excluding hydrogens is 360 g/mol. The van der Waals surface area contributed by atoms with Gasteiger partial charge in [0.2, 0.25) is 0 Å². The van der Waals surface area contributed by atoms with Crippen molar-refractivity contribution >= 4 is 11.4 Å². The second-order valence-corrected chi connectivity index (χ2v) is 7.75. The van der Waals surface area contributed by atoms with Crippen LogP contribution in [0.5, 0.6) is 11.5 Å². The summed E-state index contributed by atoms with van der Waals surface area (Å²) in [4.78, 5) is 0. The molecule has 0 aromatic heterocycles. The van der Waals surface area contributed by atoms with Gasteiger partial charge in [0.25, 0.3) is 0 Å². The van der Waals surface area contributed by atoms with E-state index < -0.39 is 5.41 Å². The van der Waals surface area contributed by atoms with E-state index in [0.717, 1.165) is 44.5 Å². The Labute approximate surface area is 167 Å². The zero-order valence-electron chi connectivity index (χ0n) is 15.5. The number of hydrogen-bond acceptors (Lipinski definition) is 4. The van der Waals surface area contributed by atoms with Crippen molar-refractivity contribution < 1.29 is 10.2 Å². The van der Waals surface area contributed by atoms with E-state index in [9.17, 15) is 10.2 Å². The van der Waals surface area contributed by atoms with E-state index >= 15 is 0 Å². The number of fused-ring (bicyclic) bond motifs is 10. The van der Waals surface area contributed by atoms with Gasteiger partial charge in [-0.15, -0.1) is 0 Å². The monoisotopic (exact) mass is 378 g/mol. The predicted molar refractivity (Wildman–Crippen MR) is 115 cm³/mol. The topological polar surface area (TPSA) is 92.5 Å². The molecule has 1 unspecified atom stereocenters. The van der Waals surface area contributed by atoms with E-state index in [1.54, 1.807) is 12.1 Å². The smallest absolute Gasteiger partial charge is 0.139 e. The summed E-state index contributed by atoms with van der Waals surface area (Å²) >= 11 is 0. The Morgan fingerprint density at radius 3 is 1.66 bits per heavy atom. The van der Waals surface area contributed by atoms with Gasteiger partial charge in [-0.25, -0.2) is 0 Å². The summed E-state index contributed by atoms with van der Waals surface area (Å²) in [6.45, 7) is 0. The molecular formula is C25H18N2O2. The quantitative estimate of drug-likeness (QED) is 0.229. The highest BCUT2D eigenvalue weighted by molar-refractivity contribution is 5.97. The fourth-order valence-electron chi connectivity index (χ4n) is 5.24. The average Bonchev–Trinajstić information content (AvgIpc) is 3.16. The minimum Gasteiger partial charge on any atom is -0.506 e. The molecule has 0 aliphatic heterocycles. The Kier molecular flexibility index (Phi) is 2.83. The molecule has 0 heterocycles. The third kappa shape index (κ3) is 1.74. The van der Waals surface area contributed by atoms with E-state index in [-0.39, 0.29) is 11.5 Å². The van der Waals surface area contributed by atoms with Gasteiger partial charge in [-0.05, 0) is 68.8 Å². The maximum atomic E-state index is 10.5. The van der Waals surface area contributed by atoms with Gasteiger partial charge in [-0.2, -0.15) is 0 Å². The number of anilines is 2. The molecule has 6 N–H and O–H groups in total. The van der Waals surface area contributed by atoms with Crippen LogP contribution in [-0.4, -0.2) is 10.2 Å². The summed E-state index contributed by atoms with van der Waals surface area (Å²) in [5, 5.41) is 20.8. The molecule has 0 radical (unpaired) electrons. The number of nitrogens with two attached hydrogens (primary N) is 2. The van der Waals surface area contributed by atoms with E-state index in [4.69, 9.17) is 11.5 Å². The number of rotatable bonds is 0. The van der Waals surface area contributed by atoms with Crippen molar-refractivity contribution in [1.82, 2.24) is 0 Å². The molecule has 6 rings (SSSR count). The molecule has 0 saturated carbocycles. The van der Waals surface area contributed by atoms with E-state index in [1.165, 1.54) is 0 Å². The Bertz CT molecular complexity index is 1250. The largest absolute Gasteiger partial charge is 0.506 e. The van der Waals surface area contributed by atoms with Crippen LogP contribution in [0, 0.1) is 0 Å². The lowest BCUT2D eigenvalue weighted by atomic mass is 9.70. The minimum absolute atomic E-state index is 0.0635. The first kappa shape index (κ1) is 16.1. The van der Waals surface area contributed by atoms with Crippen molar-refractivity contribution in [3.63, 3.8) is 0 Å². The molecule has 4 nitrogen and oxygen atoms in total. The lowest BCUT2D eigenvalue weighted by Gasteiger charge is -2.30. The SMILES string of the molecule is Nc1cc2c(cc1O)-c1ccccc1C21c2ccccc2-c2cc(N)c(O)cc21. The maximum Gasteiger partial charge on any atom is 0.139 e. The summed E-state index contributed by atoms with van der Waals surface area (Å²) in [7, 11) is 0. The summed E-state index contributed by atoms with van der Waals surface area (Å²) in [5.41, 5.74) is 20.6. The van der Waals surface area contributed by atoms with Gasteiger partial charge in [0.15, 0.2) is 0 Å². The Hall–Kier alpha value is -3.92. The van der Waals surface area contributed by atoms with Gasteiger partial charge in [0, 0.05) is 0 Å². The van der Waals surface area contributed by atoms with Crippen molar-refractivity contribution in [2.24, 2.45) is 0 Å². The lowest BCUT2D eigenvalue weighted by Crippen LogP contribution is -2.26. The van der Waals surface area contributed by atoms with Gasteiger partial charge in [0.05, 0.1) is 16.8 Å². The molecule has 2 aliphatic rings. The lowest BCUT2D eigenvalue weighted by molar-refractivity contribution is 0.476. The highest BCUT2D eigenvalue weighted by atomic mass is 16.3. The number of hydrogen-bond donors (Lipinski definition) is 4. The van der Waals surface area contributed by atoms with E-state index in [0.29, 0.717) is 11.4 Å². The van der Waals surface area contributed by atoms with Crippen LogP contribution in [0.1, 0.15) is 22.3 Å². The number of benzene rings is 4. The van der Waals surface area contributed by atoms with Gasteiger partial charge in [-0.1, -0.05) is 48.5 Å². The Morgan fingerprint density at radius 1 is 0.517 bits per heavy atom. The van der Waals surface area contributed by atoms with Gasteiger partial charge >= 0.3 is 0 Å². The zero-order valence-corrected chi connectivity index (χ0v) is 15.5. The number of aromatic hydroxyl groups is 2. The zero-order chi connectivity index (χ0) is 19.9. The molecule has 0 bridgehead atoms. The molecule has 0 amide bonds. The molecule has 1 spiro atoms. The van der Waals surface area contributed by atoms with Crippen molar-refractivity contribution in [1.29, 1.82) is 0 Å². The molecule has 0 fully saturated rings. The van der Waals surface area contributed by atoms with Crippen LogP contribution in [0.15, 0.2) is 72.8 Å². The molecule has 1 atom stereocenters. The molecule has 0 saturated heterocycles. The molecule has 140 valence electrons. The van der Waals surface area contributed by atoms with E-state index in [2.05, 4.69) is 24.3 Å². The summed E-state index contributed by atoms with van der Waals surface area (Å²) in [5.74, 6) is 0.135. The third-order valence-corrected chi connectivity index (χ3v) is 6.38. The second kappa shape index (κ2) is 5.11. The normalized spacial score (nSPS) is 17.7. The second-order valence-electron chi connectivity index (χ2n) is 7.75. The maximum absolute atomic E-state index is 10.5. The van der Waals surface area contributed by atoms with Gasteiger partial charge in [0.1, 0.15) is 11.5 Å². The van der Waals surface area contributed by atoms with Crippen LogP contribution in [0.4, 0.5) is 11.4 Å². The summed E-state index contributed by atoms with van der Waals surface area (Å²) in [6.07, 6.45) is 0. The third-order valence-electron chi connectivity index (χ3n) is 6.38. The number of phenolic OH excluding ortho intramolecular Hbond substituents is 2. The van der Waals surface area contributed by atoms with Crippen molar-refractivity contribution in [2.75, 3.05) is 11.5 Å². The molecule has 4 heteroatoms. The Balaban J connectivity index is 1.87. The fourth-order valence-corrected chi connectivity index (χ4v) is 5.24. The average molecular weight is 378 g/mol. The first-order valence-corrected chi connectivity index (χ1v) is 9.49. The van der Waals surface area contributed by atoms with Crippen LogP contribution in [-0.2, 0) is 5.41 Å². The molecule has 4 aromatic carbocycles. The first-order chi connectivity index (χ1) is 14.0. The predicted octanol–water partition coefficient (Wildman–Crippen LogP) is 4.61. The minimum atomic E-state index is -0.620. The van der Waals surface area contributed by atoms with Crippen LogP contribution >= 0.6 is 0 Å². The van der Waals surface area contributed by atoms with E-state index in [1.807, 2.05) is 36.4 Å². The summed E-state index contributed by atoms with van der Waals surface area (Å²) < 4.78 is 0. The summed E-state index contributed by atoms with van der Waals surface area (Å²) in [6, 6.07) is 23.7.